The van der Waals surface area contributed by atoms with Crippen LogP contribution in [0.5, 0.6) is 0 Å². The van der Waals surface area contributed by atoms with Crippen molar-refractivity contribution in [1.29, 1.82) is 5.26 Å². The summed E-state index contributed by atoms with van der Waals surface area (Å²) >= 11 is 0. The number of nitrogens with one attached hydrogen (secondary N) is 2. The molecule has 4 heteroatoms. The first-order valence-corrected chi connectivity index (χ1v) is 5.50. The number of nitrogens with zero attached hydrogens (tertiary/aromatic N) is 1. The SMILES string of the molecule is N#CCCNC(=O)Cc1c[nH]c2ccccc12. The van der Waals surface area contributed by atoms with Crippen LogP contribution in [0.15, 0.2) is 30.5 Å². The lowest BCUT2D eigenvalue weighted by Crippen LogP contribution is -2.25. The molecule has 0 aliphatic heterocycles. The van der Waals surface area contributed by atoms with Gasteiger partial charge in [-0.3, -0.25) is 4.79 Å². The normalized spacial score (nSPS) is 10.1. The number of rotatable bonds is 4. The molecule has 1 amide bonds. The second kappa shape index (κ2) is 5.17. The summed E-state index contributed by atoms with van der Waals surface area (Å²) in [5.74, 6) is -0.0509. The van der Waals surface area contributed by atoms with E-state index in [9.17, 15) is 4.79 Å². The number of carbonyl (C=O) groups excluding carboxylic acids is 1. The van der Waals surface area contributed by atoms with Gasteiger partial charge in [-0.1, -0.05) is 18.2 Å². The van der Waals surface area contributed by atoms with Crippen LogP contribution in [0.4, 0.5) is 0 Å². The van der Waals surface area contributed by atoms with Gasteiger partial charge >= 0.3 is 0 Å². The smallest absolute Gasteiger partial charge is 0.224 e. The van der Waals surface area contributed by atoms with Crippen molar-refractivity contribution >= 4 is 16.8 Å². The second-order valence-corrected chi connectivity index (χ2v) is 3.79. The fraction of sp³-hybridized carbons (Fsp3) is 0.231. The van der Waals surface area contributed by atoms with E-state index in [0.717, 1.165) is 16.5 Å². The van der Waals surface area contributed by atoms with E-state index in [1.54, 1.807) is 0 Å². The topological polar surface area (TPSA) is 68.7 Å². The second-order valence-electron chi connectivity index (χ2n) is 3.79. The van der Waals surface area contributed by atoms with Crippen molar-refractivity contribution in [3.8, 4) is 6.07 Å². The maximum atomic E-state index is 11.6. The molecule has 0 saturated carbocycles. The van der Waals surface area contributed by atoms with Gasteiger partial charge in [0.1, 0.15) is 0 Å². The Balaban J connectivity index is 2.04. The zero-order chi connectivity index (χ0) is 12.1. The van der Waals surface area contributed by atoms with Crippen molar-refractivity contribution in [2.45, 2.75) is 12.8 Å². The van der Waals surface area contributed by atoms with E-state index in [2.05, 4.69) is 10.3 Å². The molecule has 0 unspecified atom stereocenters. The van der Waals surface area contributed by atoms with Crippen molar-refractivity contribution in [3.63, 3.8) is 0 Å². The van der Waals surface area contributed by atoms with Crippen molar-refractivity contribution < 1.29 is 4.79 Å². The van der Waals surface area contributed by atoms with Crippen LogP contribution < -0.4 is 5.32 Å². The first-order chi connectivity index (χ1) is 8.31. The Morgan fingerprint density at radius 1 is 1.41 bits per heavy atom. The molecule has 2 rings (SSSR count). The summed E-state index contributed by atoms with van der Waals surface area (Å²) in [4.78, 5) is 14.7. The predicted octanol–water partition coefficient (Wildman–Crippen LogP) is 1.74. The monoisotopic (exact) mass is 227 g/mol. The molecule has 0 fully saturated rings. The van der Waals surface area contributed by atoms with E-state index >= 15 is 0 Å². The number of fused-ring (bicyclic) bond motifs is 1. The van der Waals surface area contributed by atoms with Gasteiger partial charge in [0.15, 0.2) is 0 Å². The number of aromatic amines is 1. The summed E-state index contributed by atoms with van der Waals surface area (Å²) in [7, 11) is 0. The molecule has 0 atom stereocenters. The highest BCUT2D eigenvalue weighted by molar-refractivity contribution is 5.88. The van der Waals surface area contributed by atoms with Crippen molar-refractivity contribution in [2.75, 3.05) is 6.54 Å². The third-order valence-corrected chi connectivity index (χ3v) is 2.58. The van der Waals surface area contributed by atoms with Gasteiger partial charge < -0.3 is 10.3 Å². The fourth-order valence-corrected chi connectivity index (χ4v) is 1.77. The van der Waals surface area contributed by atoms with Crippen LogP contribution in [0, 0.1) is 11.3 Å². The Bertz CT molecular complexity index is 565. The average molecular weight is 227 g/mol. The van der Waals surface area contributed by atoms with E-state index in [-0.39, 0.29) is 5.91 Å². The predicted molar refractivity (Wildman–Crippen MR) is 65.2 cm³/mol. The molecule has 2 aromatic rings. The summed E-state index contributed by atoms with van der Waals surface area (Å²) < 4.78 is 0. The highest BCUT2D eigenvalue weighted by atomic mass is 16.1. The van der Waals surface area contributed by atoms with E-state index in [1.165, 1.54) is 0 Å². The number of nitriles is 1. The van der Waals surface area contributed by atoms with Gasteiger partial charge in [0, 0.05) is 23.6 Å². The number of aromatic nitrogens is 1. The Labute approximate surface area is 99.3 Å². The zero-order valence-corrected chi connectivity index (χ0v) is 9.36. The first-order valence-electron chi connectivity index (χ1n) is 5.50. The standard InChI is InChI=1S/C13H13N3O/c14-6-3-7-15-13(17)8-10-9-16-12-5-2-1-4-11(10)12/h1-2,4-5,9,16H,3,7-8H2,(H,15,17). The Morgan fingerprint density at radius 3 is 3.06 bits per heavy atom. The lowest BCUT2D eigenvalue weighted by Gasteiger charge is -2.01. The third-order valence-electron chi connectivity index (χ3n) is 2.58. The van der Waals surface area contributed by atoms with Gasteiger partial charge in [0.2, 0.25) is 5.91 Å². The maximum absolute atomic E-state index is 11.6. The summed E-state index contributed by atoms with van der Waals surface area (Å²) in [6, 6.07) is 9.86. The molecule has 17 heavy (non-hydrogen) atoms. The Morgan fingerprint density at radius 2 is 2.24 bits per heavy atom. The van der Waals surface area contributed by atoms with Gasteiger partial charge in [0.25, 0.3) is 0 Å². The number of carbonyl (C=O) groups is 1. The van der Waals surface area contributed by atoms with Crippen molar-refractivity contribution in [1.82, 2.24) is 10.3 Å². The molecule has 0 radical (unpaired) electrons. The van der Waals surface area contributed by atoms with Gasteiger partial charge in [-0.15, -0.1) is 0 Å². The maximum Gasteiger partial charge on any atom is 0.224 e. The minimum absolute atomic E-state index is 0.0509. The quantitative estimate of drug-likeness (QED) is 0.781. The molecular weight excluding hydrogens is 214 g/mol. The fourth-order valence-electron chi connectivity index (χ4n) is 1.77. The Kier molecular flexibility index (Phi) is 3.41. The minimum atomic E-state index is -0.0509. The first kappa shape index (κ1) is 11.2. The molecule has 0 aliphatic rings. The molecule has 1 aromatic heterocycles. The molecular formula is C13H13N3O. The molecule has 4 nitrogen and oxygen atoms in total. The van der Waals surface area contributed by atoms with E-state index in [1.807, 2.05) is 36.5 Å². The molecule has 2 N–H and O–H groups in total. The lowest BCUT2D eigenvalue weighted by molar-refractivity contribution is -0.120. The van der Waals surface area contributed by atoms with Crippen LogP contribution >= 0.6 is 0 Å². The zero-order valence-electron chi connectivity index (χ0n) is 9.36. The number of para-hydroxylation sites is 1. The molecule has 1 aromatic carbocycles. The molecule has 0 bridgehead atoms. The molecule has 86 valence electrons. The summed E-state index contributed by atoms with van der Waals surface area (Å²) in [6.45, 7) is 0.414. The van der Waals surface area contributed by atoms with Crippen LogP contribution in [0.2, 0.25) is 0 Å². The number of hydrogen-bond donors (Lipinski definition) is 2. The van der Waals surface area contributed by atoms with Crippen molar-refractivity contribution in [2.24, 2.45) is 0 Å². The van der Waals surface area contributed by atoms with Gasteiger partial charge in [-0.25, -0.2) is 0 Å². The minimum Gasteiger partial charge on any atom is -0.361 e. The average Bonchev–Trinajstić information content (AvgIpc) is 2.73. The number of benzene rings is 1. The van der Waals surface area contributed by atoms with Gasteiger partial charge in [0.05, 0.1) is 18.9 Å². The van der Waals surface area contributed by atoms with Crippen LogP contribution in [-0.4, -0.2) is 17.4 Å². The lowest BCUT2D eigenvalue weighted by atomic mass is 10.1. The molecule has 0 spiro atoms. The molecule has 0 aliphatic carbocycles. The van der Waals surface area contributed by atoms with Gasteiger partial charge in [-0.05, 0) is 11.6 Å². The summed E-state index contributed by atoms with van der Waals surface area (Å²) in [5, 5.41) is 12.2. The molecule has 1 heterocycles. The van der Waals surface area contributed by atoms with E-state index in [4.69, 9.17) is 5.26 Å². The van der Waals surface area contributed by atoms with Gasteiger partial charge in [-0.2, -0.15) is 5.26 Å². The van der Waals surface area contributed by atoms with Crippen LogP contribution in [0.3, 0.4) is 0 Å². The van der Waals surface area contributed by atoms with Crippen LogP contribution in [0.25, 0.3) is 10.9 Å². The number of H-pyrrole nitrogens is 1. The molecule has 0 saturated heterocycles. The van der Waals surface area contributed by atoms with Crippen molar-refractivity contribution in [3.05, 3.63) is 36.0 Å². The number of hydrogen-bond acceptors (Lipinski definition) is 2. The highest BCUT2D eigenvalue weighted by Gasteiger charge is 2.07. The van der Waals surface area contributed by atoms with Crippen LogP contribution in [-0.2, 0) is 11.2 Å². The highest BCUT2D eigenvalue weighted by Crippen LogP contribution is 2.17. The van der Waals surface area contributed by atoms with E-state index in [0.29, 0.717) is 19.4 Å². The van der Waals surface area contributed by atoms with E-state index < -0.39 is 0 Å². The Hall–Kier alpha value is -2.28. The summed E-state index contributed by atoms with van der Waals surface area (Å²) in [5.41, 5.74) is 2.02. The largest absolute Gasteiger partial charge is 0.361 e. The third kappa shape index (κ3) is 2.64. The summed E-state index contributed by atoms with van der Waals surface area (Å²) in [6.07, 6.45) is 2.55. The van der Waals surface area contributed by atoms with Crippen LogP contribution in [0.1, 0.15) is 12.0 Å². The number of amides is 1.